The molecule has 8 heteroatoms. The predicted octanol–water partition coefficient (Wildman–Crippen LogP) is 5.79. The lowest BCUT2D eigenvalue weighted by Crippen LogP contribution is -2.16. The van der Waals surface area contributed by atoms with Crippen LogP contribution in [0.25, 0.3) is 6.08 Å². The normalized spacial score (nSPS) is 13.3. The summed E-state index contributed by atoms with van der Waals surface area (Å²) in [5, 5.41) is 13.3. The topological polar surface area (TPSA) is 88.4 Å². The van der Waals surface area contributed by atoms with Crippen LogP contribution in [0.15, 0.2) is 23.8 Å². The number of benzene rings is 1. The zero-order valence-electron chi connectivity index (χ0n) is 18.3. The first-order chi connectivity index (χ1) is 15.3. The molecule has 1 aliphatic carbocycles. The van der Waals surface area contributed by atoms with Gasteiger partial charge in [0.05, 0.1) is 18.3 Å². The zero-order chi connectivity index (χ0) is 23.3. The quantitative estimate of drug-likeness (QED) is 0.313. The minimum Gasteiger partial charge on any atom is -0.490 e. The summed E-state index contributed by atoms with van der Waals surface area (Å²) in [5.74, 6) is -0.539. The number of nitrogens with one attached hydrogen (secondary N) is 1. The smallest absolute Gasteiger partial charge is 0.341 e. The Morgan fingerprint density at radius 1 is 1.31 bits per heavy atom. The lowest BCUT2D eigenvalue weighted by molar-refractivity contribution is -0.112. The van der Waals surface area contributed by atoms with Crippen LogP contribution in [0.2, 0.25) is 5.02 Å². The summed E-state index contributed by atoms with van der Waals surface area (Å²) < 4.78 is 11.0. The number of nitrogens with zero attached hydrogens (tertiary/aromatic N) is 1. The molecule has 168 valence electrons. The second kappa shape index (κ2) is 10.7. The number of carbonyl (C=O) groups excluding carboxylic acids is 2. The Labute approximate surface area is 196 Å². The lowest BCUT2D eigenvalue weighted by Gasteiger charge is -2.13. The monoisotopic (exact) mass is 472 g/mol. The average molecular weight is 473 g/mol. The number of hydrogen-bond acceptors (Lipinski definition) is 6. The fourth-order valence-corrected chi connectivity index (χ4v) is 4.99. The summed E-state index contributed by atoms with van der Waals surface area (Å²) in [7, 11) is 0. The Morgan fingerprint density at radius 2 is 2.06 bits per heavy atom. The highest BCUT2D eigenvalue weighted by molar-refractivity contribution is 7.17. The van der Waals surface area contributed by atoms with Crippen molar-refractivity contribution in [2.75, 3.05) is 11.9 Å². The Kier molecular flexibility index (Phi) is 7.94. The van der Waals surface area contributed by atoms with Gasteiger partial charge in [-0.1, -0.05) is 11.6 Å². The Morgan fingerprint density at radius 3 is 2.75 bits per heavy atom. The summed E-state index contributed by atoms with van der Waals surface area (Å²) >= 11 is 7.49. The second-order valence-corrected chi connectivity index (χ2v) is 9.15. The molecule has 2 aromatic rings. The third kappa shape index (κ3) is 5.50. The van der Waals surface area contributed by atoms with Gasteiger partial charge in [0.2, 0.25) is 0 Å². The van der Waals surface area contributed by atoms with Crippen molar-refractivity contribution in [1.82, 2.24) is 0 Å². The number of aryl methyl sites for hydroxylation is 1. The molecule has 3 rings (SSSR count). The van der Waals surface area contributed by atoms with Gasteiger partial charge in [-0.05, 0) is 76.3 Å². The van der Waals surface area contributed by atoms with Gasteiger partial charge in [-0.15, -0.1) is 11.3 Å². The van der Waals surface area contributed by atoms with Gasteiger partial charge in [-0.3, -0.25) is 4.79 Å². The van der Waals surface area contributed by atoms with Gasteiger partial charge < -0.3 is 14.8 Å². The first kappa shape index (κ1) is 23.8. The molecule has 1 N–H and O–H groups in total. The van der Waals surface area contributed by atoms with E-state index in [0.717, 1.165) is 36.1 Å². The van der Waals surface area contributed by atoms with E-state index in [1.165, 1.54) is 17.4 Å². The summed E-state index contributed by atoms with van der Waals surface area (Å²) in [5.41, 5.74) is 1.75. The minimum absolute atomic E-state index is 0.0905. The Balaban J connectivity index is 1.95. The van der Waals surface area contributed by atoms with E-state index in [0.29, 0.717) is 26.9 Å². The molecule has 0 fully saturated rings. The Hall–Kier alpha value is -2.82. The molecule has 0 saturated heterocycles. The van der Waals surface area contributed by atoms with E-state index in [2.05, 4.69) is 5.32 Å². The molecule has 1 aromatic carbocycles. The number of hydrogen-bond donors (Lipinski definition) is 1. The number of thiophene rings is 1. The van der Waals surface area contributed by atoms with Gasteiger partial charge in [0, 0.05) is 15.5 Å². The molecular weight excluding hydrogens is 448 g/mol. The third-order valence-electron chi connectivity index (χ3n) is 4.88. The van der Waals surface area contributed by atoms with Gasteiger partial charge >= 0.3 is 5.97 Å². The maximum atomic E-state index is 13.0. The van der Waals surface area contributed by atoms with Crippen LogP contribution < -0.4 is 10.1 Å². The summed E-state index contributed by atoms with van der Waals surface area (Å²) in [4.78, 5) is 26.7. The number of nitriles is 1. The standard InChI is InChI=1S/C24H25ClN2O4S/c1-4-30-24(29)21-18-7-5-6-8-20(18)32-23(21)27-22(28)16(13-26)11-15-12-17(25)9-10-19(15)31-14(2)3/h9-12,14H,4-8H2,1-3H3,(H,27,28). The molecule has 0 spiro atoms. The van der Waals surface area contributed by atoms with Crippen LogP contribution in [-0.2, 0) is 22.4 Å². The van der Waals surface area contributed by atoms with Crippen molar-refractivity contribution in [3.63, 3.8) is 0 Å². The van der Waals surface area contributed by atoms with Gasteiger partial charge in [-0.25, -0.2) is 4.79 Å². The van der Waals surface area contributed by atoms with E-state index in [9.17, 15) is 14.9 Å². The number of esters is 1. The zero-order valence-corrected chi connectivity index (χ0v) is 19.9. The van der Waals surface area contributed by atoms with Crippen LogP contribution in [0.1, 0.15) is 60.0 Å². The van der Waals surface area contributed by atoms with Crippen molar-refractivity contribution in [2.45, 2.75) is 52.6 Å². The van der Waals surface area contributed by atoms with E-state index < -0.39 is 11.9 Å². The maximum absolute atomic E-state index is 13.0. The van der Waals surface area contributed by atoms with Crippen LogP contribution in [0.5, 0.6) is 5.75 Å². The first-order valence-electron chi connectivity index (χ1n) is 10.5. The molecule has 0 bridgehead atoms. The van der Waals surface area contributed by atoms with Crippen molar-refractivity contribution in [1.29, 1.82) is 5.26 Å². The summed E-state index contributed by atoms with van der Waals surface area (Å²) in [6.07, 6.45) is 5.01. The largest absolute Gasteiger partial charge is 0.490 e. The highest BCUT2D eigenvalue weighted by Crippen LogP contribution is 2.39. The minimum atomic E-state index is -0.605. The summed E-state index contributed by atoms with van der Waals surface area (Å²) in [6, 6.07) is 6.97. The fourth-order valence-electron chi connectivity index (χ4n) is 3.54. The molecular formula is C24H25ClN2O4S. The maximum Gasteiger partial charge on any atom is 0.341 e. The highest BCUT2D eigenvalue weighted by Gasteiger charge is 2.28. The van der Waals surface area contributed by atoms with Crippen molar-refractivity contribution >= 4 is 45.9 Å². The van der Waals surface area contributed by atoms with Crippen LogP contribution in [0, 0.1) is 11.3 Å². The third-order valence-corrected chi connectivity index (χ3v) is 6.32. The molecule has 0 atom stereocenters. The molecule has 0 radical (unpaired) electrons. The molecule has 1 aliphatic rings. The SMILES string of the molecule is CCOC(=O)c1c(NC(=O)C(C#N)=Cc2cc(Cl)ccc2OC(C)C)sc2c1CCCC2. The van der Waals surface area contributed by atoms with Crippen LogP contribution in [0.3, 0.4) is 0 Å². The number of anilines is 1. The van der Waals surface area contributed by atoms with Gasteiger partial charge in [0.15, 0.2) is 0 Å². The lowest BCUT2D eigenvalue weighted by atomic mass is 9.95. The Bertz CT molecular complexity index is 1100. The molecule has 1 heterocycles. The number of halogens is 1. The highest BCUT2D eigenvalue weighted by atomic mass is 35.5. The first-order valence-corrected chi connectivity index (χ1v) is 11.7. The molecule has 0 unspecified atom stereocenters. The molecule has 0 aliphatic heterocycles. The van der Waals surface area contributed by atoms with E-state index >= 15 is 0 Å². The number of rotatable bonds is 7. The number of ether oxygens (including phenoxy) is 2. The van der Waals surface area contributed by atoms with E-state index in [-0.39, 0.29) is 18.3 Å². The van der Waals surface area contributed by atoms with Crippen molar-refractivity contribution in [3.8, 4) is 11.8 Å². The summed E-state index contributed by atoms with van der Waals surface area (Å²) in [6.45, 7) is 5.76. The van der Waals surface area contributed by atoms with E-state index in [1.54, 1.807) is 25.1 Å². The molecule has 0 saturated carbocycles. The predicted molar refractivity (Wildman–Crippen MR) is 126 cm³/mol. The van der Waals surface area contributed by atoms with Crippen molar-refractivity contribution in [2.24, 2.45) is 0 Å². The second-order valence-electron chi connectivity index (χ2n) is 7.61. The van der Waals surface area contributed by atoms with Gasteiger partial charge in [-0.2, -0.15) is 5.26 Å². The average Bonchev–Trinajstić information content (AvgIpc) is 3.11. The van der Waals surface area contributed by atoms with E-state index in [4.69, 9.17) is 21.1 Å². The van der Waals surface area contributed by atoms with Crippen LogP contribution >= 0.6 is 22.9 Å². The molecule has 1 aromatic heterocycles. The molecule has 32 heavy (non-hydrogen) atoms. The van der Waals surface area contributed by atoms with Crippen LogP contribution in [0.4, 0.5) is 5.00 Å². The van der Waals surface area contributed by atoms with Crippen molar-refractivity contribution in [3.05, 3.63) is 50.4 Å². The molecule has 6 nitrogen and oxygen atoms in total. The molecule has 1 amide bonds. The number of fused-ring (bicyclic) bond motifs is 1. The fraction of sp³-hybridized carbons (Fsp3) is 0.375. The van der Waals surface area contributed by atoms with E-state index in [1.807, 2.05) is 19.9 Å². The van der Waals surface area contributed by atoms with Crippen molar-refractivity contribution < 1.29 is 19.1 Å². The van der Waals surface area contributed by atoms with Crippen LogP contribution in [-0.4, -0.2) is 24.6 Å². The van der Waals surface area contributed by atoms with Gasteiger partial charge in [0.1, 0.15) is 22.4 Å². The van der Waals surface area contributed by atoms with Gasteiger partial charge in [0.25, 0.3) is 5.91 Å². The number of carbonyl (C=O) groups is 2. The number of amides is 1.